The SMILES string of the molecule is CCc1c[c]([Mg][Br])ccc1F. The van der Waals surface area contributed by atoms with Gasteiger partial charge in [-0.1, -0.05) is 19.1 Å². The van der Waals surface area contributed by atoms with Crippen molar-refractivity contribution in [2.75, 3.05) is 0 Å². The van der Waals surface area contributed by atoms with Crippen molar-refractivity contribution in [1.82, 2.24) is 0 Å². The summed E-state index contributed by atoms with van der Waals surface area (Å²) in [5.74, 6) is -0.0776. The number of hydrogen-bond donors (Lipinski definition) is 0. The molecule has 11 heavy (non-hydrogen) atoms. The fourth-order valence-corrected chi connectivity index (χ4v) is 2.56. The molecule has 0 aliphatic rings. The zero-order valence-electron chi connectivity index (χ0n) is 6.40. The summed E-state index contributed by atoms with van der Waals surface area (Å²) in [6.07, 6.45) is 0.779. The lowest BCUT2D eigenvalue weighted by Gasteiger charge is -2.01. The minimum atomic E-state index is -0.310. The fraction of sp³-hybridized carbons (Fsp3) is 0.250. The van der Waals surface area contributed by atoms with Gasteiger partial charge in [-0.3, -0.25) is 12.9 Å². The molecule has 0 saturated heterocycles. The Labute approximate surface area is 81.8 Å². The standard InChI is InChI=1S/C8H8F.BrH.Mg/c1-2-7-5-3-4-6-8(7)9;;/h4-6H,2H2,1H3;1H;/q;;+1/p-1. The van der Waals surface area contributed by atoms with Crippen molar-refractivity contribution >= 4 is 34.8 Å². The maximum absolute atomic E-state index is 12.9. The van der Waals surface area contributed by atoms with E-state index in [1.807, 2.05) is 19.1 Å². The van der Waals surface area contributed by atoms with Gasteiger partial charge >= 0.3 is 18.2 Å². The third-order valence-corrected chi connectivity index (χ3v) is 4.34. The van der Waals surface area contributed by atoms with Crippen molar-refractivity contribution in [2.24, 2.45) is 0 Å². The average molecular weight is 227 g/mol. The number of benzene rings is 1. The second kappa shape index (κ2) is 4.43. The molecule has 0 spiro atoms. The Balaban J connectivity index is 3.02. The Hall–Kier alpha value is 0.396. The zero-order chi connectivity index (χ0) is 8.27. The van der Waals surface area contributed by atoms with Crippen molar-refractivity contribution in [3.63, 3.8) is 0 Å². The molecule has 0 nitrogen and oxygen atoms in total. The van der Waals surface area contributed by atoms with E-state index in [1.165, 1.54) is 3.69 Å². The summed E-state index contributed by atoms with van der Waals surface area (Å²) >= 11 is 3.15. The van der Waals surface area contributed by atoms with Gasteiger partial charge in [0.2, 0.25) is 0 Å². The molecule has 0 aromatic heterocycles. The molecule has 1 aromatic rings. The molecular weight excluding hydrogens is 219 g/mol. The van der Waals surface area contributed by atoms with Crippen molar-refractivity contribution in [3.05, 3.63) is 29.6 Å². The zero-order valence-corrected chi connectivity index (χ0v) is 9.40. The molecule has 0 bridgehead atoms. The third-order valence-electron chi connectivity index (χ3n) is 1.65. The highest BCUT2D eigenvalue weighted by atomic mass is 79.9. The first kappa shape index (κ1) is 9.48. The highest BCUT2D eigenvalue weighted by Gasteiger charge is 2.01. The minimum Gasteiger partial charge on any atom is -0.296 e. The predicted octanol–water partition coefficient (Wildman–Crippen LogP) is 2.03. The van der Waals surface area contributed by atoms with Crippen LogP contribution in [0.15, 0.2) is 18.2 Å². The summed E-state index contributed by atoms with van der Waals surface area (Å²) in [5.41, 5.74) is 0.828. The van der Waals surface area contributed by atoms with Crippen molar-refractivity contribution in [1.29, 1.82) is 0 Å². The van der Waals surface area contributed by atoms with Crippen LogP contribution in [0.3, 0.4) is 0 Å². The van der Waals surface area contributed by atoms with Crippen LogP contribution in [0.1, 0.15) is 12.5 Å². The van der Waals surface area contributed by atoms with Gasteiger partial charge in [0.05, 0.1) is 0 Å². The normalized spacial score (nSPS) is 9.36. The maximum Gasteiger partial charge on any atom is 0.506 e. The van der Waals surface area contributed by atoms with Crippen LogP contribution in [0.2, 0.25) is 0 Å². The van der Waals surface area contributed by atoms with Crippen LogP contribution in [0.5, 0.6) is 0 Å². The number of hydrogen-bond acceptors (Lipinski definition) is 0. The molecule has 0 aliphatic carbocycles. The van der Waals surface area contributed by atoms with Crippen LogP contribution < -0.4 is 3.69 Å². The lowest BCUT2D eigenvalue weighted by Crippen LogP contribution is -2.09. The lowest BCUT2D eigenvalue weighted by atomic mass is 10.1. The Morgan fingerprint density at radius 3 is 2.82 bits per heavy atom. The van der Waals surface area contributed by atoms with Crippen LogP contribution in [0.25, 0.3) is 0 Å². The van der Waals surface area contributed by atoms with Crippen LogP contribution >= 0.6 is 12.9 Å². The summed E-state index contributed by atoms with van der Waals surface area (Å²) in [6.45, 7) is 1.97. The highest BCUT2D eigenvalue weighted by molar-refractivity contribution is 9.23. The molecule has 0 atom stereocenters. The van der Waals surface area contributed by atoms with Gasteiger partial charge in [0.15, 0.2) is 0 Å². The van der Waals surface area contributed by atoms with E-state index < -0.39 is 0 Å². The average Bonchev–Trinajstić information content (AvgIpc) is 2.05. The predicted molar refractivity (Wildman–Crippen MR) is 50.1 cm³/mol. The van der Waals surface area contributed by atoms with E-state index in [2.05, 4.69) is 12.9 Å². The monoisotopic (exact) mass is 226 g/mol. The lowest BCUT2D eigenvalue weighted by molar-refractivity contribution is 0.613. The van der Waals surface area contributed by atoms with Crippen molar-refractivity contribution < 1.29 is 4.39 Å². The van der Waals surface area contributed by atoms with E-state index in [0.717, 1.165) is 12.0 Å². The molecule has 1 aromatic carbocycles. The van der Waals surface area contributed by atoms with Gasteiger partial charge in [0.1, 0.15) is 5.82 Å². The molecule has 1 rings (SSSR count). The molecule has 0 N–H and O–H groups in total. The fourth-order valence-electron chi connectivity index (χ4n) is 0.982. The molecule has 0 heterocycles. The molecule has 0 fully saturated rings. The summed E-state index contributed by atoms with van der Waals surface area (Å²) in [5, 5.41) is 0. The smallest absolute Gasteiger partial charge is 0.296 e. The first-order valence-corrected chi connectivity index (χ1v) is 8.21. The van der Waals surface area contributed by atoms with Gasteiger partial charge < -0.3 is 0 Å². The van der Waals surface area contributed by atoms with Gasteiger partial charge in [-0.25, -0.2) is 4.39 Å². The quantitative estimate of drug-likeness (QED) is 0.678. The first-order valence-electron chi connectivity index (χ1n) is 3.61. The molecule has 0 unspecified atom stereocenters. The molecular formula is C8H8BrFMg. The summed E-state index contributed by atoms with van der Waals surface area (Å²) in [4.78, 5) is 0. The largest absolute Gasteiger partial charge is 0.506 e. The van der Waals surface area contributed by atoms with E-state index in [1.54, 1.807) is 6.07 Å². The summed E-state index contributed by atoms with van der Waals surface area (Å²) in [6, 6.07) is 5.37. The molecule has 56 valence electrons. The van der Waals surface area contributed by atoms with Gasteiger partial charge in [-0.15, -0.1) is 0 Å². The van der Waals surface area contributed by atoms with E-state index in [9.17, 15) is 4.39 Å². The second-order valence-corrected chi connectivity index (χ2v) is 5.18. The van der Waals surface area contributed by atoms with Gasteiger partial charge in [0.25, 0.3) is 0 Å². The molecule has 0 saturated carbocycles. The Kier molecular flexibility index (Phi) is 3.82. The Morgan fingerprint density at radius 2 is 2.27 bits per heavy atom. The maximum atomic E-state index is 12.9. The van der Waals surface area contributed by atoms with Crippen LogP contribution in [-0.2, 0) is 6.42 Å². The third kappa shape index (κ3) is 2.42. The van der Waals surface area contributed by atoms with E-state index in [-0.39, 0.29) is 24.0 Å². The number of rotatable bonds is 2. The molecule has 3 heteroatoms. The second-order valence-electron chi connectivity index (χ2n) is 2.41. The Morgan fingerprint density at radius 1 is 1.55 bits per heavy atom. The van der Waals surface area contributed by atoms with Gasteiger partial charge in [-0.05, 0) is 18.1 Å². The van der Waals surface area contributed by atoms with E-state index >= 15 is 0 Å². The van der Waals surface area contributed by atoms with Crippen molar-refractivity contribution in [2.45, 2.75) is 13.3 Å². The van der Waals surface area contributed by atoms with Crippen molar-refractivity contribution in [3.8, 4) is 0 Å². The van der Waals surface area contributed by atoms with E-state index in [0.29, 0.717) is 0 Å². The van der Waals surface area contributed by atoms with E-state index in [4.69, 9.17) is 0 Å². The highest BCUT2D eigenvalue weighted by Crippen LogP contribution is 2.05. The molecule has 0 amide bonds. The van der Waals surface area contributed by atoms with Crippen LogP contribution in [0, 0.1) is 5.82 Å². The Bertz CT molecular complexity index is 250. The number of aryl methyl sites for hydroxylation is 1. The summed E-state index contributed by atoms with van der Waals surface area (Å²) < 4.78 is 14.2. The topological polar surface area (TPSA) is 0 Å². The van der Waals surface area contributed by atoms with Crippen LogP contribution in [-0.4, -0.2) is 18.2 Å². The first-order chi connectivity index (χ1) is 5.27. The van der Waals surface area contributed by atoms with Crippen LogP contribution in [0.4, 0.5) is 4.39 Å². The summed E-state index contributed by atoms with van der Waals surface area (Å²) in [7, 11) is 0. The molecule has 0 radical (unpaired) electrons. The van der Waals surface area contributed by atoms with Gasteiger partial charge in [-0.2, -0.15) is 3.69 Å². The minimum absolute atomic E-state index is 0.0776. The molecule has 0 aliphatic heterocycles. The number of halogens is 2. The van der Waals surface area contributed by atoms with Gasteiger partial charge in [0, 0.05) is 0 Å².